The largest absolute Gasteiger partial charge is 0.356 e. The Kier molecular flexibility index (Phi) is 2.19. The highest BCUT2D eigenvalue weighted by molar-refractivity contribution is 5.46. The second kappa shape index (κ2) is 2.94. The number of nitrogens with one attached hydrogen (secondary N) is 1. The van der Waals surface area contributed by atoms with Crippen molar-refractivity contribution < 1.29 is 13.6 Å². The van der Waals surface area contributed by atoms with Gasteiger partial charge in [-0.15, -0.1) is 0 Å². The Morgan fingerprint density at radius 3 is 2.50 bits per heavy atom. The summed E-state index contributed by atoms with van der Waals surface area (Å²) < 4.78 is 23.6. The van der Waals surface area contributed by atoms with E-state index < -0.39 is 12.3 Å². The molecule has 1 saturated carbocycles. The second-order valence-electron chi connectivity index (χ2n) is 2.55. The number of halogens is 2. The highest BCUT2D eigenvalue weighted by Gasteiger charge is 2.34. The number of carbonyl (C=O) groups is 1. The summed E-state index contributed by atoms with van der Waals surface area (Å²) in [6.07, 6.45) is -0.802. The van der Waals surface area contributed by atoms with Crippen molar-refractivity contribution >= 4 is 6.41 Å². The summed E-state index contributed by atoms with van der Waals surface area (Å²) >= 11 is 0. The van der Waals surface area contributed by atoms with Crippen LogP contribution in [0, 0.1) is 5.92 Å². The van der Waals surface area contributed by atoms with Gasteiger partial charge in [0.1, 0.15) is 0 Å². The Balaban J connectivity index is 2.11. The van der Waals surface area contributed by atoms with E-state index in [-0.39, 0.29) is 6.04 Å². The molecule has 0 atom stereocenters. The Morgan fingerprint density at radius 2 is 2.10 bits per heavy atom. The van der Waals surface area contributed by atoms with Crippen LogP contribution < -0.4 is 5.32 Å². The maximum Gasteiger partial charge on any atom is 0.241 e. The van der Waals surface area contributed by atoms with Crippen LogP contribution >= 0.6 is 0 Å². The van der Waals surface area contributed by atoms with Gasteiger partial charge < -0.3 is 5.32 Å². The van der Waals surface area contributed by atoms with Crippen molar-refractivity contribution in [3.05, 3.63) is 0 Å². The van der Waals surface area contributed by atoms with E-state index in [0.29, 0.717) is 19.3 Å². The van der Waals surface area contributed by atoms with Crippen LogP contribution in [0.5, 0.6) is 0 Å². The molecule has 1 rings (SSSR count). The van der Waals surface area contributed by atoms with Crippen LogP contribution in [0.2, 0.25) is 0 Å². The third-order valence-electron chi connectivity index (χ3n) is 1.83. The van der Waals surface area contributed by atoms with Crippen molar-refractivity contribution in [2.24, 2.45) is 5.92 Å². The number of hydrogen-bond donors (Lipinski definition) is 1. The van der Waals surface area contributed by atoms with Crippen LogP contribution in [0.25, 0.3) is 0 Å². The number of hydrogen-bond acceptors (Lipinski definition) is 1. The van der Waals surface area contributed by atoms with Crippen LogP contribution in [0.3, 0.4) is 0 Å². The first kappa shape index (κ1) is 7.44. The van der Waals surface area contributed by atoms with Crippen LogP contribution in [0.15, 0.2) is 0 Å². The molecule has 1 N–H and O–H groups in total. The molecule has 0 radical (unpaired) electrons. The first-order chi connectivity index (χ1) is 4.74. The molecule has 4 heteroatoms. The van der Waals surface area contributed by atoms with Gasteiger partial charge in [0.2, 0.25) is 12.8 Å². The van der Waals surface area contributed by atoms with Gasteiger partial charge in [-0.3, -0.25) is 4.79 Å². The van der Waals surface area contributed by atoms with E-state index in [1.54, 1.807) is 0 Å². The summed E-state index contributed by atoms with van der Waals surface area (Å²) in [6, 6.07) is -0.00324. The molecule has 0 saturated heterocycles. The molecule has 0 unspecified atom stereocenters. The number of alkyl halides is 2. The van der Waals surface area contributed by atoms with Gasteiger partial charge >= 0.3 is 0 Å². The molecule has 0 aliphatic heterocycles. The topological polar surface area (TPSA) is 29.1 Å². The molecule has 1 amide bonds. The van der Waals surface area contributed by atoms with E-state index in [9.17, 15) is 13.6 Å². The van der Waals surface area contributed by atoms with Crippen molar-refractivity contribution in [3.8, 4) is 0 Å². The highest BCUT2D eigenvalue weighted by atomic mass is 19.3. The van der Waals surface area contributed by atoms with Crippen molar-refractivity contribution in [2.45, 2.75) is 25.3 Å². The zero-order valence-corrected chi connectivity index (χ0v) is 5.39. The molecule has 1 aliphatic rings. The molecule has 2 nitrogen and oxygen atoms in total. The summed E-state index contributed by atoms with van der Waals surface area (Å²) in [7, 11) is 0. The number of rotatable bonds is 3. The van der Waals surface area contributed by atoms with Crippen molar-refractivity contribution in [1.82, 2.24) is 5.32 Å². The lowest BCUT2D eigenvalue weighted by molar-refractivity contribution is -0.111. The molecular weight excluding hydrogens is 140 g/mol. The number of amides is 1. The van der Waals surface area contributed by atoms with E-state index >= 15 is 0 Å². The van der Waals surface area contributed by atoms with E-state index in [2.05, 4.69) is 5.32 Å². The Labute approximate surface area is 57.6 Å². The average Bonchev–Trinajstić information content (AvgIpc) is 1.76. The van der Waals surface area contributed by atoms with Crippen LogP contribution in [-0.4, -0.2) is 18.9 Å². The predicted molar refractivity (Wildman–Crippen MR) is 31.7 cm³/mol. The maximum atomic E-state index is 11.8. The van der Waals surface area contributed by atoms with Gasteiger partial charge in [-0.05, 0) is 12.8 Å². The van der Waals surface area contributed by atoms with E-state index in [0.717, 1.165) is 0 Å². The SMILES string of the molecule is O=CNC1CC(C(F)F)C1. The molecule has 0 heterocycles. The minimum Gasteiger partial charge on any atom is -0.356 e. The van der Waals surface area contributed by atoms with Crippen molar-refractivity contribution in [2.75, 3.05) is 0 Å². The lowest BCUT2D eigenvalue weighted by atomic mass is 9.81. The van der Waals surface area contributed by atoms with Gasteiger partial charge in [0.05, 0.1) is 0 Å². The Hall–Kier alpha value is -0.670. The minimum absolute atomic E-state index is 0.00324. The standard InChI is InChI=1S/C6H9F2NO/c7-6(8)4-1-5(2-4)9-3-10/h3-6H,1-2H2,(H,9,10). The Bertz CT molecular complexity index is 123. The van der Waals surface area contributed by atoms with Gasteiger partial charge in [0, 0.05) is 12.0 Å². The van der Waals surface area contributed by atoms with Gasteiger partial charge in [0.25, 0.3) is 0 Å². The molecule has 58 valence electrons. The predicted octanol–water partition coefficient (Wildman–Crippen LogP) is 0.776. The van der Waals surface area contributed by atoms with Crippen LogP contribution in [0.4, 0.5) is 8.78 Å². The molecular formula is C6H9F2NO. The summed E-state index contributed by atoms with van der Waals surface area (Å²) in [5.74, 6) is -0.488. The molecule has 0 bridgehead atoms. The zero-order chi connectivity index (χ0) is 7.56. The van der Waals surface area contributed by atoms with Crippen molar-refractivity contribution in [1.29, 1.82) is 0 Å². The maximum absolute atomic E-state index is 11.8. The first-order valence-corrected chi connectivity index (χ1v) is 3.22. The van der Waals surface area contributed by atoms with Crippen LogP contribution in [-0.2, 0) is 4.79 Å². The van der Waals surface area contributed by atoms with E-state index in [1.165, 1.54) is 0 Å². The lowest BCUT2D eigenvalue weighted by Crippen LogP contribution is -2.43. The van der Waals surface area contributed by atoms with Crippen LogP contribution in [0.1, 0.15) is 12.8 Å². The van der Waals surface area contributed by atoms with E-state index in [1.807, 2.05) is 0 Å². The molecule has 1 fully saturated rings. The normalized spacial score (nSPS) is 31.5. The number of carbonyl (C=O) groups excluding carboxylic acids is 1. The van der Waals surface area contributed by atoms with Gasteiger partial charge in [0.15, 0.2) is 0 Å². The minimum atomic E-state index is -2.22. The highest BCUT2D eigenvalue weighted by Crippen LogP contribution is 2.32. The fourth-order valence-electron chi connectivity index (χ4n) is 1.10. The lowest BCUT2D eigenvalue weighted by Gasteiger charge is -2.33. The molecule has 0 aromatic rings. The smallest absolute Gasteiger partial charge is 0.241 e. The summed E-state index contributed by atoms with van der Waals surface area (Å²) in [6.45, 7) is 0. The quantitative estimate of drug-likeness (QED) is 0.590. The first-order valence-electron chi connectivity index (χ1n) is 3.22. The molecule has 10 heavy (non-hydrogen) atoms. The third-order valence-corrected chi connectivity index (χ3v) is 1.83. The van der Waals surface area contributed by atoms with Gasteiger partial charge in [-0.25, -0.2) is 8.78 Å². The summed E-state index contributed by atoms with van der Waals surface area (Å²) in [4.78, 5) is 9.79. The summed E-state index contributed by atoms with van der Waals surface area (Å²) in [5.41, 5.74) is 0. The fraction of sp³-hybridized carbons (Fsp3) is 0.833. The fourth-order valence-corrected chi connectivity index (χ4v) is 1.10. The summed E-state index contributed by atoms with van der Waals surface area (Å²) in [5, 5.41) is 2.45. The average molecular weight is 149 g/mol. The third kappa shape index (κ3) is 1.43. The Morgan fingerprint density at radius 1 is 1.50 bits per heavy atom. The zero-order valence-electron chi connectivity index (χ0n) is 5.39. The van der Waals surface area contributed by atoms with E-state index in [4.69, 9.17) is 0 Å². The molecule has 1 aliphatic carbocycles. The van der Waals surface area contributed by atoms with Gasteiger partial charge in [-0.2, -0.15) is 0 Å². The molecule has 0 aromatic heterocycles. The van der Waals surface area contributed by atoms with Crippen molar-refractivity contribution in [3.63, 3.8) is 0 Å². The second-order valence-corrected chi connectivity index (χ2v) is 2.55. The monoisotopic (exact) mass is 149 g/mol. The molecule has 0 aromatic carbocycles. The van der Waals surface area contributed by atoms with Gasteiger partial charge in [-0.1, -0.05) is 0 Å². The molecule has 0 spiro atoms.